The van der Waals surface area contributed by atoms with Gasteiger partial charge >= 0.3 is 5.37 Å². The molecule has 3 nitrogen and oxygen atoms in total. The van der Waals surface area contributed by atoms with E-state index in [0.717, 1.165) is 11.4 Å². The third kappa shape index (κ3) is 4.72. The molecule has 4 heteroatoms. The Morgan fingerprint density at radius 2 is 1.14 bits per heavy atom. The van der Waals surface area contributed by atoms with Gasteiger partial charge in [0.25, 0.3) is 0 Å². The van der Waals surface area contributed by atoms with Gasteiger partial charge in [0.2, 0.25) is 0 Å². The number of rotatable bonds is 2. The second kappa shape index (κ2) is 8.60. The van der Waals surface area contributed by atoms with Crippen LogP contribution in [-0.4, -0.2) is 10.4 Å². The summed E-state index contributed by atoms with van der Waals surface area (Å²) in [5.74, 6) is 0. The van der Waals surface area contributed by atoms with Crippen molar-refractivity contribution in [2.45, 2.75) is 0 Å². The van der Waals surface area contributed by atoms with Crippen LogP contribution in [0.3, 0.4) is 0 Å². The van der Waals surface area contributed by atoms with Crippen LogP contribution in [0.25, 0.3) is 0 Å². The number of carbonyl (C=O) groups is 1. The number of pyridine rings is 1. The van der Waals surface area contributed by atoms with Crippen LogP contribution in [-0.2, 0) is 0 Å². The lowest BCUT2D eigenvalue weighted by Crippen LogP contribution is -2.19. The molecule has 0 atom stereocenters. The Balaban J connectivity index is 0.000000246. The van der Waals surface area contributed by atoms with Gasteiger partial charge in [-0.15, -0.1) is 0 Å². The Morgan fingerprint density at radius 3 is 1.41 bits per heavy atom. The summed E-state index contributed by atoms with van der Waals surface area (Å²) in [6, 6.07) is 24.3. The minimum Gasteiger partial charge on any atom is -0.268 e. The van der Waals surface area contributed by atoms with Crippen LogP contribution in [0.2, 0.25) is 0 Å². The molecule has 0 unspecified atom stereocenters. The Bertz CT molecular complexity index is 609. The molecular formula is C18H15ClN2O. The van der Waals surface area contributed by atoms with E-state index in [9.17, 15) is 4.79 Å². The maximum Gasteiger partial charge on any atom is 0.325 e. The van der Waals surface area contributed by atoms with Gasteiger partial charge in [-0.3, -0.25) is 14.7 Å². The van der Waals surface area contributed by atoms with Gasteiger partial charge in [-0.05, 0) is 48.0 Å². The predicted molar refractivity (Wildman–Crippen MR) is 90.5 cm³/mol. The summed E-state index contributed by atoms with van der Waals surface area (Å²) in [4.78, 5) is 16.7. The lowest BCUT2D eigenvalue weighted by atomic mass is 10.2. The molecular weight excluding hydrogens is 296 g/mol. The summed E-state index contributed by atoms with van der Waals surface area (Å²) in [6.45, 7) is 0. The molecule has 0 aliphatic rings. The molecule has 3 aromatic rings. The Hall–Kier alpha value is -2.65. The average molecular weight is 311 g/mol. The van der Waals surface area contributed by atoms with Gasteiger partial charge < -0.3 is 0 Å². The van der Waals surface area contributed by atoms with Crippen molar-refractivity contribution in [1.29, 1.82) is 0 Å². The largest absolute Gasteiger partial charge is 0.325 e. The van der Waals surface area contributed by atoms with Crippen molar-refractivity contribution in [1.82, 2.24) is 4.98 Å². The molecule has 0 spiro atoms. The minimum atomic E-state index is -0.516. The maximum atomic E-state index is 11.4. The van der Waals surface area contributed by atoms with E-state index in [-0.39, 0.29) is 0 Å². The molecule has 22 heavy (non-hydrogen) atoms. The van der Waals surface area contributed by atoms with E-state index in [4.69, 9.17) is 11.6 Å². The normalized spacial score (nSPS) is 9.32. The second-order valence-electron chi connectivity index (χ2n) is 4.28. The SMILES string of the molecule is O=C(Cl)N(c1ccccc1)c1ccccc1.c1ccncc1. The fourth-order valence-corrected chi connectivity index (χ4v) is 2.01. The van der Waals surface area contributed by atoms with E-state index < -0.39 is 5.37 Å². The van der Waals surface area contributed by atoms with Gasteiger partial charge in [0.1, 0.15) is 0 Å². The summed E-state index contributed by atoms with van der Waals surface area (Å²) in [6.07, 6.45) is 3.50. The number of nitrogens with zero attached hydrogens (tertiary/aromatic N) is 2. The van der Waals surface area contributed by atoms with E-state index in [0.29, 0.717) is 0 Å². The molecule has 0 fully saturated rings. The fraction of sp³-hybridized carbons (Fsp3) is 0. The number of anilines is 2. The molecule has 0 aliphatic heterocycles. The number of hydrogen-bond acceptors (Lipinski definition) is 2. The van der Waals surface area contributed by atoms with Crippen LogP contribution in [0.15, 0.2) is 91.3 Å². The summed E-state index contributed by atoms with van der Waals surface area (Å²) in [5.41, 5.74) is 1.52. The molecule has 1 heterocycles. The first-order valence-corrected chi connectivity index (χ1v) is 7.11. The summed E-state index contributed by atoms with van der Waals surface area (Å²) in [5, 5.41) is -0.516. The molecule has 3 rings (SSSR count). The molecule has 110 valence electrons. The number of halogens is 1. The third-order valence-corrected chi connectivity index (χ3v) is 2.94. The molecule has 0 radical (unpaired) electrons. The zero-order valence-electron chi connectivity index (χ0n) is 11.8. The molecule has 2 aromatic carbocycles. The topological polar surface area (TPSA) is 33.2 Å². The highest BCUT2D eigenvalue weighted by Gasteiger charge is 2.14. The minimum absolute atomic E-state index is 0.516. The van der Waals surface area contributed by atoms with Gasteiger partial charge in [-0.25, -0.2) is 0 Å². The number of carbonyl (C=O) groups excluding carboxylic acids is 1. The standard InChI is InChI=1S/C13H10ClNO.C5H5N/c14-13(16)15(11-7-3-1-4-8-11)12-9-5-2-6-10-12;1-2-4-6-5-3-1/h1-10H;1-5H. The van der Waals surface area contributed by atoms with Gasteiger partial charge in [0.15, 0.2) is 0 Å². The van der Waals surface area contributed by atoms with Crippen molar-refractivity contribution in [3.63, 3.8) is 0 Å². The number of benzene rings is 2. The number of amides is 1. The fourth-order valence-electron chi connectivity index (χ4n) is 1.82. The van der Waals surface area contributed by atoms with Crippen molar-refractivity contribution in [2.24, 2.45) is 0 Å². The lowest BCUT2D eigenvalue weighted by molar-refractivity contribution is 0.266. The molecule has 0 saturated heterocycles. The Kier molecular flexibility index (Phi) is 6.15. The van der Waals surface area contributed by atoms with Crippen LogP contribution < -0.4 is 4.90 Å². The zero-order valence-corrected chi connectivity index (χ0v) is 12.6. The van der Waals surface area contributed by atoms with Crippen LogP contribution >= 0.6 is 11.6 Å². The molecule has 0 saturated carbocycles. The lowest BCUT2D eigenvalue weighted by Gasteiger charge is -2.19. The highest BCUT2D eigenvalue weighted by Crippen LogP contribution is 2.26. The average Bonchev–Trinajstić information content (AvgIpc) is 2.59. The van der Waals surface area contributed by atoms with Crippen molar-refractivity contribution in [3.8, 4) is 0 Å². The Labute approximate surface area is 134 Å². The van der Waals surface area contributed by atoms with Gasteiger partial charge in [-0.1, -0.05) is 42.5 Å². The monoisotopic (exact) mass is 310 g/mol. The van der Waals surface area contributed by atoms with Crippen molar-refractivity contribution >= 4 is 28.3 Å². The van der Waals surface area contributed by atoms with Crippen molar-refractivity contribution < 1.29 is 4.79 Å². The number of aromatic nitrogens is 1. The van der Waals surface area contributed by atoms with E-state index in [1.54, 1.807) is 12.4 Å². The van der Waals surface area contributed by atoms with Crippen molar-refractivity contribution in [2.75, 3.05) is 4.90 Å². The quantitative estimate of drug-likeness (QED) is 0.477. The first kappa shape index (κ1) is 15.7. The molecule has 0 bridgehead atoms. The predicted octanol–water partition coefficient (Wildman–Crippen LogP) is 5.27. The summed E-state index contributed by atoms with van der Waals surface area (Å²) < 4.78 is 0. The first-order chi connectivity index (χ1) is 10.8. The van der Waals surface area contributed by atoms with E-state index in [2.05, 4.69) is 4.98 Å². The molecule has 0 aliphatic carbocycles. The molecule has 1 amide bonds. The van der Waals surface area contributed by atoms with Crippen LogP contribution in [0.1, 0.15) is 0 Å². The second-order valence-corrected chi connectivity index (χ2v) is 4.61. The maximum absolute atomic E-state index is 11.4. The van der Waals surface area contributed by atoms with E-state index in [1.165, 1.54) is 4.90 Å². The summed E-state index contributed by atoms with van der Waals surface area (Å²) >= 11 is 5.60. The number of hydrogen-bond donors (Lipinski definition) is 0. The highest BCUT2D eigenvalue weighted by molar-refractivity contribution is 6.66. The van der Waals surface area contributed by atoms with Crippen molar-refractivity contribution in [3.05, 3.63) is 91.3 Å². The van der Waals surface area contributed by atoms with Gasteiger partial charge in [0.05, 0.1) is 11.4 Å². The molecule has 1 aromatic heterocycles. The van der Waals surface area contributed by atoms with Gasteiger partial charge in [0, 0.05) is 12.4 Å². The van der Waals surface area contributed by atoms with Crippen LogP contribution in [0.5, 0.6) is 0 Å². The highest BCUT2D eigenvalue weighted by atomic mass is 35.5. The first-order valence-electron chi connectivity index (χ1n) is 6.74. The molecule has 0 N–H and O–H groups in total. The van der Waals surface area contributed by atoms with E-state index >= 15 is 0 Å². The Morgan fingerprint density at radius 1 is 0.727 bits per heavy atom. The number of para-hydroxylation sites is 2. The third-order valence-electron chi connectivity index (χ3n) is 2.77. The van der Waals surface area contributed by atoms with Crippen LogP contribution in [0.4, 0.5) is 16.2 Å². The van der Waals surface area contributed by atoms with E-state index in [1.807, 2.05) is 78.9 Å². The van der Waals surface area contributed by atoms with Gasteiger partial charge in [-0.2, -0.15) is 0 Å². The zero-order chi connectivity index (χ0) is 15.6. The summed E-state index contributed by atoms with van der Waals surface area (Å²) in [7, 11) is 0. The smallest absolute Gasteiger partial charge is 0.268 e. The van der Waals surface area contributed by atoms with Crippen LogP contribution in [0, 0.1) is 0 Å².